The highest BCUT2D eigenvalue weighted by atomic mass is 35.5. The van der Waals surface area contributed by atoms with Crippen molar-refractivity contribution >= 4 is 29.1 Å². The van der Waals surface area contributed by atoms with E-state index in [1.165, 1.54) is 10.5 Å². The lowest BCUT2D eigenvalue weighted by molar-refractivity contribution is 1.15. The minimum Gasteiger partial charge on any atom is -0.399 e. The van der Waals surface area contributed by atoms with Gasteiger partial charge in [-0.2, -0.15) is 0 Å². The SMILES string of the molecule is Nc1ccc(CCSc2cccc(Cl)c2)cc1. The van der Waals surface area contributed by atoms with Crippen molar-refractivity contribution in [2.75, 3.05) is 11.5 Å². The maximum atomic E-state index is 5.93. The third-order valence-electron chi connectivity index (χ3n) is 2.44. The van der Waals surface area contributed by atoms with Gasteiger partial charge in [0.05, 0.1) is 0 Å². The van der Waals surface area contributed by atoms with Crippen molar-refractivity contribution in [3.63, 3.8) is 0 Å². The van der Waals surface area contributed by atoms with Gasteiger partial charge in [-0.3, -0.25) is 0 Å². The minimum atomic E-state index is 0.794. The monoisotopic (exact) mass is 263 g/mol. The fourth-order valence-electron chi connectivity index (χ4n) is 1.53. The van der Waals surface area contributed by atoms with Crippen LogP contribution in [0.3, 0.4) is 0 Å². The number of anilines is 1. The van der Waals surface area contributed by atoms with Gasteiger partial charge in [0.15, 0.2) is 0 Å². The first-order valence-electron chi connectivity index (χ1n) is 5.47. The summed E-state index contributed by atoms with van der Waals surface area (Å²) in [5.41, 5.74) is 7.77. The molecule has 0 radical (unpaired) electrons. The second-order valence-corrected chi connectivity index (χ2v) is 5.40. The molecule has 3 heteroatoms. The Morgan fingerprint density at radius 2 is 1.82 bits per heavy atom. The summed E-state index contributed by atoms with van der Waals surface area (Å²) in [6, 6.07) is 16.0. The Hall–Kier alpha value is -1.12. The number of halogens is 1. The van der Waals surface area contributed by atoms with Crippen molar-refractivity contribution in [3.05, 3.63) is 59.1 Å². The molecule has 0 saturated heterocycles. The van der Waals surface area contributed by atoms with Crippen LogP contribution in [0.5, 0.6) is 0 Å². The van der Waals surface area contributed by atoms with E-state index in [9.17, 15) is 0 Å². The van der Waals surface area contributed by atoms with Crippen LogP contribution in [0.2, 0.25) is 5.02 Å². The molecule has 0 saturated carbocycles. The van der Waals surface area contributed by atoms with Crippen LogP contribution in [-0.4, -0.2) is 5.75 Å². The van der Waals surface area contributed by atoms with Crippen LogP contribution < -0.4 is 5.73 Å². The molecular formula is C14H14ClNS. The van der Waals surface area contributed by atoms with Crippen LogP contribution in [0, 0.1) is 0 Å². The molecule has 0 atom stereocenters. The second-order valence-electron chi connectivity index (χ2n) is 3.80. The van der Waals surface area contributed by atoms with Gasteiger partial charge in [0.2, 0.25) is 0 Å². The van der Waals surface area contributed by atoms with Crippen LogP contribution in [0.25, 0.3) is 0 Å². The number of nitrogen functional groups attached to an aromatic ring is 1. The average molecular weight is 264 g/mol. The molecule has 0 aliphatic heterocycles. The van der Waals surface area contributed by atoms with E-state index >= 15 is 0 Å². The Bertz CT molecular complexity index is 482. The highest BCUT2D eigenvalue weighted by Gasteiger charge is 1.97. The summed E-state index contributed by atoms with van der Waals surface area (Å²) in [6.07, 6.45) is 1.04. The fraction of sp³-hybridized carbons (Fsp3) is 0.143. The summed E-state index contributed by atoms with van der Waals surface area (Å²) >= 11 is 7.75. The molecule has 0 aliphatic carbocycles. The highest BCUT2D eigenvalue weighted by Crippen LogP contribution is 2.22. The second kappa shape index (κ2) is 5.99. The smallest absolute Gasteiger partial charge is 0.0417 e. The third-order valence-corrected chi connectivity index (χ3v) is 3.67. The van der Waals surface area contributed by atoms with Crippen molar-refractivity contribution in [1.82, 2.24) is 0 Å². The number of benzene rings is 2. The number of hydrogen-bond acceptors (Lipinski definition) is 2. The summed E-state index contributed by atoms with van der Waals surface area (Å²) in [5, 5.41) is 0.794. The maximum Gasteiger partial charge on any atom is 0.0417 e. The molecule has 0 heterocycles. The molecule has 0 amide bonds. The Morgan fingerprint density at radius 3 is 2.53 bits per heavy atom. The zero-order chi connectivity index (χ0) is 12.1. The number of rotatable bonds is 4. The first-order chi connectivity index (χ1) is 8.24. The van der Waals surface area contributed by atoms with Gasteiger partial charge in [-0.05, 0) is 42.3 Å². The molecule has 0 unspecified atom stereocenters. The molecule has 1 nitrogen and oxygen atoms in total. The van der Waals surface area contributed by atoms with E-state index in [0.717, 1.165) is 22.9 Å². The van der Waals surface area contributed by atoms with Crippen LogP contribution >= 0.6 is 23.4 Å². The van der Waals surface area contributed by atoms with Gasteiger partial charge in [0, 0.05) is 21.4 Å². The number of thioether (sulfide) groups is 1. The lowest BCUT2D eigenvalue weighted by atomic mass is 10.2. The van der Waals surface area contributed by atoms with Crippen LogP contribution in [0.15, 0.2) is 53.4 Å². The largest absolute Gasteiger partial charge is 0.399 e. The summed E-state index contributed by atoms with van der Waals surface area (Å²) in [6.45, 7) is 0. The third kappa shape index (κ3) is 3.99. The lowest BCUT2D eigenvalue weighted by Crippen LogP contribution is -1.90. The van der Waals surface area contributed by atoms with Crippen molar-refractivity contribution in [2.24, 2.45) is 0 Å². The topological polar surface area (TPSA) is 26.0 Å². The summed E-state index contributed by atoms with van der Waals surface area (Å²) in [5.74, 6) is 1.05. The maximum absolute atomic E-state index is 5.93. The van der Waals surface area contributed by atoms with Gasteiger partial charge in [-0.1, -0.05) is 29.8 Å². The number of hydrogen-bond donors (Lipinski definition) is 1. The first kappa shape index (κ1) is 12.3. The normalized spacial score (nSPS) is 10.4. The standard InChI is InChI=1S/C14H14ClNS/c15-12-2-1-3-14(10-12)17-9-8-11-4-6-13(16)7-5-11/h1-7,10H,8-9,16H2. The van der Waals surface area contributed by atoms with Gasteiger partial charge in [0.1, 0.15) is 0 Å². The minimum absolute atomic E-state index is 0.794. The first-order valence-corrected chi connectivity index (χ1v) is 6.83. The lowest BCUT2D eigenvalue weighted by Gasteiger charge is -2.03. The predicted molar refractivity (Wildman–Crippen MR) is 76.7 cm³/mol. The van der Waals surface area contributed by atoms with E-state index in [0.29, 0.717) is 0 Å². The quantitative estimate of drug-likeness (QED) is 0.659. The molecular weight excluding hydrogens is 250 g/mol. The predicted octanol–water partition coefficient (Wildman–Crippen LogP) is 4.26. The van der Waals surface area contributed by atoms with Crippen LogP contribution in [0.1, 0.15) is 5.56 Å². The molecule has 2 aromatic rings. The molecule has 2 aromatic carbocycles. The van der Waals surface area contributed by atoms with Gasteiger partial charge in [-0.25, -0.2) is 0 Å². The molecule has 0 fully saturated rings. The van der Waals surface area contributed by atoms with E-state index in [1.807, 2.05) is 42.1 Å². The zero-order valence-corrected chi connectivity index (χ0v) is 11.0. The van der Waals surface area contributed by atoms with E-state index in [4.69, 9.17) is 17.3 Å². The van der Waals surface area contributed by atoms with Crippen molar-refractivity contribution in [1.29, 1.82) is 0 Å². The molecule has 2 N–H and O–H groups in total. The van der Waals surface area contributed by atoms with Gasteiger partial charge in [0.25, 0.3) is 0 Å². The molecule has 0 spiro atoms. The van der Waals surface area contributed by atoms with Crippen LogP contribution in [0.4, 0.5) is 5.69 Å². The van der Waals surface area contributed by atoms with E-state index in [2.05, 4.69) is 18.2 Å². The number of aryl methyl sites for hydroxylation is 1. The Kier molecular flexibility index (Phi) is 4.35. The number of nitrogens with two attached hydrogens (primary N) is 1. The van der Waals surface area contributed by atoms with Crippen LogP contribution in [-0.2, 0) is 6.42 Å². The molecule has 0 bridgehead atoms. The van der Waals surface area contributed by atoms with Gasteiger partial charge >= 0.3 is 0 Å². The summed E-state index contributed by atoms with van der Waals surface area (Å²) in [7, 11) is 0. The van der Waals surface area contributed by atoms with E-state index in [1.54, 1.807) is 0 Å². The Labute approximate surface area is 111 Å². The van der Waals surface area contributed by atoms with Gasteiger partial charge in [-0.15, -0.1) is 11.8 Å². The van der Waals surface area contributed by atoms with Gasteiger partial charge < -0.3 is 5.73 Å². The Morgan fingerprint density at radius 1 is 1.06 bits per heavy atom. The molecule has 17 heavy (non-hydrogen) atoms. The van der Waals surface area contributed by atoms with Crippen molar-refractivity contribution in [2.45, 2.75) is 11.3 Å². The summed E-state index contributed by atoms with van der Waals surface area (Å²) in [4.78, 5) is 1.22. The Balaban J connectivity index is 1.85. The highest BCUT2D eigenvalue weighted by molar-refractivity contribution is 7.99. The van der Waals surface area contributed by atoms with Crippen molar-refractivity contribution in [3.8, 4) is 0 Å². The average Bonchev–Trinajstić information content (AvgIpc) is 2.32. The zero-order valence-electron chi connectivity index (χ0n) is 9.40. The van der Waals surface area contributed by atoms with E-state index in [-0.39, 0.29) is 0 Å². The molecule has 0 aromatic heterocycles. The molecule has 88 valence electrons. The summed E-state index contributed by atoms with van der Waals surface area (Å²) < 4.78 is 0. The molecule has 0 aliphatic rings. The van der Waals surface area contributed by atoms with E-state index < -0.39 is 0 Å². The molecule has 2 rings (SSSR count). The fourth-order valence-corrected chi connectivity index (χ4v) is 2.74. The van der Waals surface area contributed by atoms with Crippen molar-refractivity contribution < 1.29 is 0 Å².